The second-order valence-corrected chi connectivity index (χ2v) is 6.10. The quantitative estimate of drug-likeness (QED) is 0.572. The van der Waals surface area contributed by atoms with Crippen LogP contribution in [-0.4, -0.2) is 10.0 Å². The van der Waals surface area contributed by atoms with E-state index in [1.165, 1.54) is 18.6 Å². The van der Waals surface area contributed by atoms with Gasteiger partial charge in [0, 0.05) is 5.92 Å². The van der Waals surface area contributed by atoms with Crippen molar-refractivity contribution in [3.63, 3.8) is 0 Å². The van der Waals surface area contributed by atoms with E-state index in [9.17, 15) is 4.39 Å². The van der Waals surface area contributed by atoms with Crippen LogP contribution >= 0.6 is 22.6 Å². The Morgan fingerprint density at radius 1 is 1.36 bits per heavy atom. The van der Waals surface area contributed by atoms with Gasteiger partial charge in [-0.2, -0.15) is 0 Å². The first-order valence-corrected chi connectivity index (χ1v) is 5.84. The van der Waals surface area contributed by atoms with Crippen LogP contribution in [0.15, 0.2) is 24.3 Å². The first-order valence-electron chi connectivity index (χ1n) is 4.76. The van der Waals surface area contributed by atoms with Crippen LogP contribution in [0.1, 0.15) is 18.1 Å². The first kappa shape index (κ1) is 9.09. The van der Waals surface area contributed by atoms with Crippen molar-refractivity contribution in [2.24, 2.45) is 5.92 Å². The fourth-order valence-corrected chi connectivity index (χ4v) is 3.45. The van der Waals surface area contributed by atoms with Crippen LogP contribution in [0, 0.1) is 11.7 Å². The number of hydrogen-bond acceptors (Lipinski definition) is 1. The molecular formula is C11H10FIO. The molecule has 0 unspecified atom stereocenters. The minimum absolute atomic E-state index is 0.175. The minimum Gasteiger partial charge on any atom is -0.372 e. The van der Waals surface area contributed by atoms with E-state index in [4.69, 9.17) is 4.74 Å². The molecule has 3 heteroatoms. The van der Waals surface area contributed by atoms with Gasteiger partial charge in [-0.3, -0.25) is 0 Å². The van der Waals surface area contributed by atoms with E-state index < -0.39 is 0 Å². The maximum Gasteiger partial charge on any atom is 0.123 e. The van der Waals surface area contributed by atoms with Crippen molar-refractivity contribution in [1.82, 2.24) is 0 Å². The van der Waals surface area contributed by atoms with Gasteiger partial charge in [-0.05, 0) is 24.1 Å². The van der Waals surface area contributed by atoms with E-state index in [-0.39, 0.29) is 11.9 Å². The Balaban J connectivity index is 1.92. The molecule has 0 radical (unpaired) electrons. The number of benzene rings is 1. The van der Waals surface area contributed by atoms with Gasteiger partial charge in [0.05, 0.1) is 16.1 Å². The summed E-state index contributed by atoms with van der Waals surface area (Å²) in [4.78, 5) is 0. The summed E-state index contributed by atoms with van der Waals surface area (Å²) in [5, 5.41) is 0. The maximum absolute atomic E-state index is 12.7. The van der Waals surface area contributed by atoms with Gasteiger partial charge in [-0.15, -0.1) is 0 Å². The van der Waals surface area contributed by atoms with Crippen molar-refractivity contribution in [1.29, 1.82) is 0 Å². The second-order valence-electron chi connectivity index (χ2n) is 4.09. The van der Waals surface area contributed by atoms with E-state index in [2.05, 4.69) is 22.6 Å². The molecule has 0 N–H and O–H groups in total. The van der Waals surface area contributed by atoms with Crippen LogP contribution in [0.4, 0.5) is 4.39 Å². The van der Waals surface area contributed by atoms with Gasteiger partial charge in [0.25, 0.3) is 0 Å². The smallest absolute Gasteiger partial charge is 0.123 e. The first-order chi connectivity index (χ1) is 6.70. The van der Waals surface area contributed by atoms with E-state index >= 15 is 0 Å². The molecule has 2 fully saturated rings. The average molecular weight is 304 g/mol. The molecule has 1 aromatic rings. The van der Waals surface area contributed by atoms with Crippen LogP contribution in [0.2, 0.25) is 0 Å². The van der Waals surface area contributed by atoms with E-state index in [0.717, 1.165) is 18.1 Å². The van der Waals surface area contributed by atoms with Crippen molar-refractivity contribution >= 4 is 22.6 Å². The van der Waals surface area contributed by atoms with Crippen LogP contribution in [-0.2, 0) is 4.74 Å². The summed E-state index contributed by atoms with van der Waals surface area (Å²) in [5.74, 6) is 0.541. The highest BCUT2D eigenvalue weighted by Crippen LogP contribution is 2.64. The van der Waals surface area contributed by atoms with Crippen LogP contribution in [0.3, 0.4) is 0 Å². The Bertz CT molecular complexity index is 362. The summed E-state index contributed by atoms with van der Waals surface area (Å²) in [7, 11) is 0. The van der Waals surface area contributed by atoms with Gasteiger partial charge in [0.1, 0.15) is 5.82 Å². The molecule has 3 rings (SSSR count). The number of rotatable bonds is 1. The maximum atomic E-state index is 12.7. The summed E-state index contributed by atoms with van der Waals surface area (Å²) in [6.45, 7) is 0.866. The fourth-order valence-electron chi connectivity index (χ4n) is 2.20. The van der Waals surface area contributed by atoms with E-state index in [1.807, 2.05) is 12.1 Å². The fraction of sp³-hybridized carbons (Fsp3) is 0.455. The summed E-state index contributed by atoms with van der Waals surface area (Å²) < 4.78 is 18.7. The molecule has 3 atom stereocenters. The standard InChI is InChI=1S/C11H10FIO/c12-9-3-1-7(2-4-9)10-11(13)5-8(11)6-14-10/h1-4,8,10H,5-6H2/t8-,10-,11+/m0/s1. The lowest BCUT2D eigenvalue weighted by Crippen LogP contribution is -2.11. The van der Waals surface area contributed by atoms with Crippen LogP contribution in [0.25, 0.3) is 0 Å². The van der Waals surface area contributed by atoms with Gasteiger partial charge in [-0.1, -0.05) is 34.7 Å². The molecule has 74 valence electrons. The Hall–Kier alpha value is -0.160. The molecule has 1 saturated carbocycles. The van der Waals surface area contributed by atoms with Gasteiger partial charge in [0.2, 0.25) is 0 Å². The van der Waals surface area contributed by atoms with Crippen molar-refractivity contribution in [2.75, 3.05) is 6.61 Å². The Morgan fingerprint density at radius 3 is 2.57 bits per heavy atom. The zero-order valence-electron chi connectivity index (χ0n) is 7.54. The monoisotopic (exact) mass is 304 g/mol. The Labute approximate surface area is 95.8 Å². The van der Waals surface area contributed by atoms with Crippen molar-refractivity contribution < 1.29 is 9.13 Å². The van der Waals surface area contributed by atoms with Crippen molar-refractivity contribution in [2.45, 2.75) is 15.9 Å². The molecule has 1 aromatic carbocycles. The highest BCUT2D eigenvalue weighted by atomic mass is 127. The minimum atomic E-state index is -0.179. The lowest BCUT2D eigenvalue weighted by atomic mass is 10.1. The molecule has 1 nitrogen and oxygen atoms in total. The SMILES string of the molecule is Fc1ccc([C@@H]2OC[C@@H]3C[C@@]32I)cc1. The largest absolute Gasteiger partial charge is 0.372 e. The molecule has 1 saturated heterocycles. The predicted molar refractivity (Wildman–Crippen MR) is 60.0 cm³/mol. The number of halogens is 2. The van der Waals surface area contributed by atoms with Gasteiger partial charge in [-0.25, -0.2) is 4.39 Å². The second kappa shape index (κ2) is 2.92. The number of hydrogen-bond donors (Lipinski definition) is 0. The van der Waals surface area contributed by atoms with Crippen molar-refractivity contribution in [3.05, 3.63) is 35.6 Å². The Morgan fingerprint density at radius 2 is 2.07 bits per heavy atom. The van der Waals surface area contributed by atoms with Gasteiger partial charge >= 0.3 is 0 Å². The van der Waals surface area contributed by atoms with Gasteiger partial charge < -0.3 is 4.74 Å². The summed E-state index contributed by atoms with van der Waals surface area (Å²) in [5.41, 5.74) is 1.11. The molecule has 0 spiro atoms. The molecule has 0 aromatic heterocycles. The predicted octanol–water partition coefficient (Wildman–Crippen LogP) is 3.09. The number of ether oxygens (including phenoxy) is 1. The lowest BCUT2D eigenvalue weighted by Gasteiger charge is -2.17. The van der Waals surface area contributed by atoms with E-state index in [0.29, 0.717) is 3.42 Å². The number of alkyl halides is 1. The van der Waals surface area contributed by atoms with Crippen LogP contribution in [0.5, 0.6) is 0 Å². The third-order valence-corrected chi connectivity index (χ3v) is 5.04. The zero-order chi connectivity index (χ0) is 9.76. The summed E-state index contributed by atoms with van der Waals surface area (Å²) in [6, 6.07) is 6.69. The third-order valence-electron chi connectivity index (χ3n) is 3.15. The molecule has 2 aliphatic rings. The number of fused-ring (bicyclic) bond motifs is 1. The summed E-state index contributed by atoms with van der Waals surface area (Å²) >= 11 is 2.50. The summed E-state index contributed by atoms with van der Waals surface area (Å²) in [6.07, 6.45) is 1.42. The lowest BCUT2D eigenvalue weighted by molar-refractivity contribution is 0.0872. The normalized spacial score (nSPS) is 39.6. The molecule has 1 heterocycles. The van der Waals surface area contributed by atoms with E-state index in [1.54, 1.807) is 0 Å². The molecule has 14 heavy (non-hydrogen) atoms. The molecular weight excluding hydrogens is 294 g/mol. The van der Waals surface area contributed by atoms with Crippen LogP contribution < -0.4 is 0 Å². The highest BCUT2D eigenvalue weighted by Gasteiger charge is 2.62. The molecule has 1 aliphatic heterocycles. The van der Waals surface area contributed by atoms with Gasteiger partial charge in [0.15, 0.2) is 0 Å². The topological polar surface area (TPSA) is 9.23 Å². The molecule has 0 amide bonds. The van der Waals surface area contributed by atoms with Crippen molar-refractivity contribution in [3.8, 4) is 0 Å². The molecule has 1 aliphatic carbocycles. The Kier molecular flexibility index (Phi) is 1.89. The zero-order valence-corrected chi connectivity index (χ0v) is 9.70. The third kappa shape index (κ3) is 1.21. The average Bonchev–Trinajstić information content (AvgIpc) is 2.72. The molecule has 0 bridgehead atoms. The highest BCUT2D eigenvalue weighted by molar-refractivity contribution is 14.1.